The second-order valence-corrected chi connectivity index (χ2v) is 2.97. The maximum absolute atomic E-state index is 9.51. The molecule has 0 saturated heterocycles. The van der Waals surface area contributed by atoms with Gasteiger partial charge in [-0.05, 0) is 0 Å². The molecule has 0 aromatic heterocycles. The molecule has 0 unspecified atom stereocenters. The molecular formula is H9BrN2O8S2. The van der Waals surface area contributed by atoms with Gasteiger partial charge in [0.25, 0.3) is 0 Å². The number of rotatable bonds is 3. The molecule has 86 valence electrons. The zero-order chi connectivity index (χ0) is 8.41. The molecule has 0 fully saturated rings. The van der Waals surface area contributed by atoms with E-state index in [9.17, 15) is 16.8 Å². The van der Waals surface area contributed by atoms with Gasteiger partial charge in [-0.3, -0.25) is 9.11 Å². The van der Waals surface area contributed by atoms with E-state index in [4.69, 9.17) is 9.11 Å². The fourth-order valence-corrected chi connectivity index (χ4v) is 0.632. The van der Waals surface area contributed by atoms with Crippen LogP contribution in [0.15, 0.2) is 0 Å². The van der Waals surface area contributed by atoms with Gasteiger partial charge < -0.3 is 12.3 Å². The van der Waals surface area contributed by atoms with Crippen LogP contribution in [0.2, 0.25) is 0 Å². The molecule has 0 aliphatic rings. The second-order valence-electron chi connectivity index (χ2n) is 0.992. The minimum atomic E-state index is -5.02. The molecule has 0 heterocycles. The predicted octanol–water partition coefficient (Wildman–Crippen LogP) is -0.558. The average molecular weight is 309 g/mol. The SMILES string of the molecule is Br.N.N.O=S(=O)(O)OOS(=O)(=O)O. The summed E-state index contributed by atoms with van der Waals surface area (Å²) in [6.45, 7) is 0. The Labute approximate surface area is 85.0 Å². The van der Waals surface area contributed by atoms with E-state index in [0.29, 0.717) is 0 Å². The van der Waals surface area contributed by atoms with Crippen LogP contribution in [-0.2, 0) is 29.5 Å². The van der Waals surface area contributed by atoms with Gasteiger partial charge in [0.2, 0.25) is 0 Å². The molecule has 0 aromatic carbocycles. The lowest BCUT2D eigenvalue weighted by molar-refractivity contribution is -0.105. The van der Waals surface area contributed by atoms with Gasteiger partial charge in [-0.15, -0.1) is 17.0 Å². The standard InChI is InChI=1S/BrH.2H3N.H2O8S2/c;;;1-9(2,3)7-8-10(4,5)6/h1H;2*1H3;(H,1,2,3)(H,4,5,6). The topological polar surface area (TPSA) is 197 Å². The van der Waals surface area contributed by atoms with Crippen molar-refractivity contribution in [3.05, 3.63) is 0 Å². The van der Waals surface area contributed by atoms with Crippen LogP contribution in [0.1, 0.15) is 0 Å². The third kappa shape index (κ3) is 24.5. The Bertz CT molecular complexity index is 256. The summed E-state index contributed by atoms with van der Waals surface area (Å²) in [5.41, 5.74) is 0. The van der Waals surface area contributed by atoms with Crippen LogP contribution in [0, 0.1) is 0 Å². The Kier molecular flexibility index (Phi) is 13.4. The highest BCUT2D eigenvalue weighted by molar-refractivity contribution is 8.93. The summed E-state index contributed by atoms with van der Waals surface area (Å²) in [5, 5.41) is 0. The van der Waals surface area contributed by atoms with Crippen LogP contribution in [-0.4, -0.2) is 25.9 Å². The third-order valence-corrected chi connectivity index (χ3v) is 0.766. The van der Waals surface area contributed by atoms with Gasteiger partial charge in [-0.2, -0.15) is 16.8 Å². The van der Waals surface area contributed by atoms with E-state index in [1.54, 1.807) is 0 Å². The zero-order valence-corrected chi connectivity index (χ0v) is 9.33. The van der Waals surface area contributed by atoms with Crippen molar-refractivity contribution in [3.8, 4) is 0 Å². The molecule has 0 spiro atoms. The van der Waals surface area contributed by atoms with E-state index in [1.165, 1.54) is 0 Å². The van der Waals surface area contributed by atoms with E-state index in [0.717, 1.165) is 0 Å². The molecular weight excluding hydrogens is 300 g/mol. The summed E-state index contributed by atoms with van der Waals surface area (Å²) >= 11 is 0. The van der Waals surface area contributed by atoms with Crippen LogP contribution in [0.3, 0.4) is 0 Å². The molecule has 0 atom stereocenters. The highest BCUT2D eigenvalue weighted by atomic mass is 79.9. The van der Waals surface area contributed by atoms with Crippen LogP contribution in [0.5, 0.6) is 0 Å². The zero-order valence-electron chi connectivity index (χ0n) is 5.98. The van der Waals surface area contributed by atoms with Crippen molar-refractivity contribution in [3.63, 3.8) is 0 Å². The first-order chi connectivity index (χ1) is 4.21. The summed E-state index contributed by atoms with van der Waals surface area (Å²) in [5.74, 6) is 0. The fraction of sp³-hybridized carbons (Fsp3) is 0. The summed E-state index contributed by atoms with van der Waals surface area (Å²) in [7, 11) is -10.0. The minimum absolute atomic E-state index is 0. The summed E-state index contributed by atoms with van der Waals surface area (Å²) in [6, 6.07) is 0. The van der Waals surface area contributed by atoms with E-state index >= 15 is 0 Å². The van der Waals surface area contributed by atoms with E-state index in [2.05, 4.69) is 8.67 Å². The Balaban J connectivity index is -0.000000135. The van der Waals surface area contributed by atoms with Crippen molar-refractivity contribution in [1.82, 2.24) is 12.3 Å². The normalized spacial score (nSPS) is 10.3. The molecule has 0 radical (unpaired) electrons. The maximum Gasteiger partial charge on any atom is 0.425 e. The third-order valence-electron chi connectivity index (χ3n) is 0.200. The van der Waals surface area contributed by atoms with Crippen LogP contribution < -0.4 is 12.3 Å². The van der Waals surface area contributed by atoms with Crippen molar-refractivity contribution in [2.45, 2.75) is 0 Å². The van der Waals surface area contributed by atoms with Crippen molar-refractivity contribution < 1.29 is 34.6 Å². The highest BCUT2D eigenvalue weighted by Crippen LogP contribution is 1.92. The molecule has 10 nitrogen and oxygen atoms in total. The molecule has 13 heteroatoms. The molecule has 0 amide bonds. The molecule has 0 aliphatic heterocycles. The quantitative estimate of drug-likeness (QED) is 0.297. The average Bonchev–Trinajstić information content (AvgIpc) is 1.57. The second kappa shape index (κ2) is 7.54. The number of hydrogen-bond donors (Lipinski definition) is 4. The highest BCUT2D eigenvalue weighted by Gasteiger charge is 2.13. The molecule has 0 rings (SSSR count). The predicted molar refractivity (Wildman–Crippen MR) is 45.6 cm³/mol. The van der Waals surface area contributed by atoms with Gasteiger partial charge in [0.05, 0.1) is 0 Å². The van der Waals surface area contributed by atoms with E-state index in [1.807, 2.05) is 0 Å². The van der Waals surface area contributed by atoms with Crippen molar-refractivity contribution in [2.24, 2.45) is 0 Å². The Hall–Kier alpha value is 0.140. The van der Waals surface area contributed by atoms with E-state index in [-0.39, 0.29) is 29.3 Å². The molecule has 0 aromatic rings. The van der Waals surface area contributed by atoms with Crippen LogP contribution in [0.4, 0.5) is 0 Å². The first kappa shape index (κ1) is 23.2. The van der Waals surface area contributed by atoms with Gasteiger partial charge >= 0.3 is 20.8 Å². The molecule has 8 N–H and O–H groups in total. The molecule has 0 aliphatic carbocycles. The fourth-order valence-electron chi connectivity index (χ4n) is 0.0702. The first-order valence-electron chi connectivity index (χ1n) is 1.53. The molecule has 0 saturated carbocycles. The first-order valence-corrected chi connectivity index (χ1v) is 4.26. The lowest BCUT2D eigenvalue weighted by atomic mass is 14.0. The number of halogens is 1. The van der Waals surface area contributed by atoms with Crippen molar-refractivity contribution in [1.29, 1.82) is 0 Å². The molecule has 13 heavy (non-hydrogen) atoms. The lowest BCUT2D eigenvalue weighted by Gasteiger charge is -1.92. The summed E-state index contributed by atoms with van der Waals surface area (Å²) in [6.07, 6.45) is 0. The van der Waals surface area contributed by atoms with Crippen LogP contribution >= 0.6 is 17.0 Å². The monoisotopic (exact) mass is 308 g/mol. The Morgan fingerprint density at radius 3 is 1.00 bits per heavy atom. The van der Waals surface area contributed by atoms with Gasteiger partial charge in [0.1, 0.15) is 0 Å². The van der Waals surface area contributed by atoms with Crippen molar-refractivity contribution >= 4 is 37.8 Å². The van der Waals surface area contributed by atoms with Gasteiger partial charge in [0, 0.05) is 0 Å². The smallest absolute Gasteiger partial charge is 0.344 e. The summed E-state index contributed by atoms with van der Waals surface area (Å²) < 4.78 is 58.9. The number of hydrogen-bond acceptors (Lipinski definition) is 8. The minimum Gasteiger partial charge on any atom is -0.344 e. The molecule has 0 bridgehead atoms. The lowest BCUT2D eigenvalue weighted by Crippen LogP contribution is -2.10. The van der Waals surface area contributed by atoms with Crippen LogP contribution in [0.25, 0.3) is 0 Å². The van der Waals surface area contributed by atoms with Crippen molar-refractivity contribution in [2.75, 3.05) is 0 Å². The maximum atomic E-state index is 9.51. The summed E-state index contributed by atoms with van der Waals surface area (Å²) in [4.78, 5) is 0. The Morgan fingerprint density at radius 2 is 0.923 bits per heavy atom. The van der Waals surface area contributed by atoms with Gasteiger partial charge in [-0.1, -0.05) is 8.67 Å². The van der Waals surface area contributed by atoms with Gasteiger partial charge in [0.15, 0.2) is 0 Å². The van der Waals surface area contributed by atoms with Gasteiger partial charge in [-0.25, -0.2) is 0 Å². The largest absolute Gasteiger partial charge is 0.425 e. The van der Waals surface area contributed by atoms with E-state index < -0.39 is 20.8 Å². The Morgan fingerprint density at radius 1 is 0.769 bits per heavy atom.